The fraction of sp³-hybridized carbons (Fsp3) is 0.278. The van der Waals surface area contributed by atoms with Crippen molar-refractivity contribution in [2.75, 3.05) is 7.11 Å². The van der Waals surface area contributed by atoms with Crippen LogP contribution in [0.1, 0.15) is 33.6 Å². The van der Waals surface area contributed by atoms with E-state index in [9.17, 15) is 4.79 Å². The highest BCUT2D eigenvalue weighted by molar-refractivity contribution is 7.18. The third-order valence-corrected chi connectivity index (χ3v) is 5.42. The van der Waals surface area contributed by atoms with Crippen molar-refractivity contribution < 1.29 is 14.3 Å². The number of nitrogens with zero attached hydrogens (tertiary/aromatic N) is 2. The highest BCUT2D eigenvalue weighted by Crippen LogP contribution is 2.40. The van der Waals surface area contributed by atoms with Gasteiger partial charge in [-0.05, 0) is 43.4 Å². The van der Waals surface area contributed by atoms with E-state index in [-0.39, 0.29) is 0 Å². The van der Waals surface area contributed by atoms with E-state index < -0.39 is 5.97 Å². The minimum atomic E-state index is -0.428. The number of ether oxygens (including phenoxy) is 2. The molecular weight excluding hydrogens is 324 g/mol. The van der Waals surface area contributed by atoms with E-state index in [4.69, 9.17) is 9.47 Å². The van der Waals surface area contributed by atoms with Crippen LogP contribution in [0, 0.1) is 0 Å². The number of carbonyl (C=O) groups excluding carboxylic acids is 1. The number of hydrogen-bond donors (Lipinski definition) is 0. The van der Waals surface area contributed by atoms with Crippen LogP contribution in [0.15, 0.2) is 30.6 Å². The summed E-state index contributed by atoms with van der Waals surface area (Å²) in [6.45, 7) is 0. The number of carbonyl (C=O) groups is 1. The molecule has 0 radical (unpaired) electrons. The third-order valence-electron chi connectivity index (χ3n) is 4.22. The molecule has 122 valence electrons. The number of esters is 1. The number of para-hydroxylation sites is 1. The van der Waals surface area contributed by atoms with E-state index in [1.165, 1.54) is 36.7 Å². The highest BCUT2D eigenvalue weighted by atomic mass is 32.1. The molecule has 0 bridgehead atoms. The first-order chi connectivity index (χ1) is 11.8. The molecule has 6 heteroatoms. The Hall–Kier alpha value is -2.47. The SMILES string of the molecule is COC(=O)c1ccccc1Oc1ncnc2sc3c(c12)CCCC3. The predicted molar refractivity (Wildman–Crippen MR) is 91.9 cm³/mol. The summed E-state index contributed by atoms with van der Waals surface area (Å²) in [4.78, 5) is 23.0. The largest absolute Gasteiger partial charge is 0.465 e. The average Bonchev–Trinajstić information content (AvgIpc) is 3.01. The van der Waals surface area contributed by atoms with E-state index in [0.717, 1.165) is 23.1 Å². The van der Waals surface area contributed by atoms with Crippen molar-refractivity contribution in [1.82, 2.24) is 9.97 Å². The zero-order valence-electron chi connectivity index (χ0n) is 13.2. The Morgan fingerprint density at radius 3 is 2.88 bits per heavy atom. The molecule has 0 fully saturated rings. The van der Waals surface area contributed by atoms with Crippen LogP contribution in [-0.2, 0) is 17.6 Å². The summed E-state index contributed by atoms with van der Waals surface area (Å²) in [5, 5.41) is 0.983. The second-order valence-electron chi connectivity index (χ2n) is 5.66. The molecule has 24 heavy (non-hydrogen) atoms. The fourth-order valence-electron chi connectivity index (χ4n) is 3.08. The minimum absolute atomic E-state index is 0.385. The number of hydrogen-bond acceptors (Lipinski definition) is 6. The van der Waals surface area contributed by atoms with Crippen molar-refractivity contribution in [3.63, 3.8) is 0 Å². The zero-order valence-corrected chi connectivity index (χ0v) is 14.1. The summed E-state index contributed by atoms with van der Waals surface area (Å²) >= 11 is 1.72. The Balaban J connectivity index is 1.81. The fourth-order valence-corrected chi connectivity index (χ4v) is 4.30. The standard InChI is InChI=1S/C18H16N2O3S/c1-22-18(21)11-6-2-4-8-13(11)23-16-15-12-7-3-5-9-14(12)24-17(15)20-10-19-16/h2,4,6,8,10H,3,5,7,9H2,1H3. The second-order valence-corrected chi connectivity index (χ2v) is 6.74. The molecule has 0 atom stereocenters. The van der Waals surface area contributed by atoms with Crippen molar-refractivity contribution in [1.29, 1.82) is 0 Å². The average molecular weight is 340 g/mol. The Morgan fingerprint density at radius 2 is 2.00 bits per heavy atom. The first kappa shape index (κ1) is 15.1. The van der Waals surface area contributed by atoms with Gasteiger partial charge in [-0.3, -0.25) is 0 Å². The van der Waals surface area contributed by atoms with Gasteiger partial charge in [-0.15, -0.1) is 11.3 Å². The molecular formula is C18H16N2O3S. The van der Waals surface area contributed by atoms with Crippen LogP contribution in [0.3, 0.4) is 0 Å². The summed E-state index contributed by atoms with van der Waals surface area (Å²) in [5.41, 5.74) is 1.68. The maximum Gasteiger partial charge on any atom is 0.341 e. The van der Waals surface area contributed by atoms with Crippen molar-refractivity contribution >= 4 is 27.5 Å². The van der Waals surface area contributed by atoms with Gasteiger partial charge in [-0.25, -0.2) is 14.8 Å². The molecule has 0 amide bonds. The number of aryl methyl sites for hydroxylation is 2. The Labute approximate surface area is 143 Å². The molecule has 2 aromatic heterocycles. The minimum Gasteiger partial charge on any atom is -0.465 e. The van der Waals surface area contributed by atoms with Gasteiger partial charge in [0.25, 0.3) is 0 Å². The van der Waals surface area contributed by atoms with Gasteiger partial charge in [0.15, 0.2) is 0 Å². The molecule has 3 aromatic rings. The van der Waals surface area contributed by atoms with Gasteiger partial charge >= 0.3 is 5.97 Å². The smallest absolute Gasteiger partial charge is 0.341 e. The Kier molecular flexibility index (Phi) is 3.90. The normalized spacial score (nSPS) is 13.5. The quantitative estimate of drug-likeness (QED) is 0.670. The van der Waals surface area contributed by atoms with Crippen LogP contribution in [0.5, 0.6) is 11.6 Å². The van der Waals surface area contributed by atoms with Crippen LogP contribution in [0.25, 0.3) is 10.2 Å². The van der Waals surface area contributed by atoms with E-state index in [0.29, 0.717) is 17.2 Å². The maximum atomic E-state index is 11.9. The van der Waals surface area contributed by atoms with Gasteiger partial charge in [0, 0.05) is 4.88 Å². The Bertz CT molecular complexity index is 920. The van der Waals surface area contributed by atoms with Gasteiger partial charge < -0.3 is 9.47 Å². The monoisotopic (exact) mass is 340 g/mol. The van der Waals surface area contributed by atoms with Gasteiger partial charge in [0.05, 0.1) is 12.5 Å². The number of rotatable bonds is 3. The summed E-state index contributed by atoms with van der Waals surface area (Å²) in [6.07, 6.45) is 6.02. The summed E-state index contributed by atoms with van der Waals surface area (Å²) in [6, 6.07) is 7.03. The van der Waals surface area contributed by atoms with E-state index >= 15 is 0 Å². The lowest BCUT2D eigenvalue weighted by Gasteiger charge is -2.13. The molecule has 1 aromatic carbocycles. The van der Waals surface area contributed by atoms with Crippen LogP contribution in [-0.4, -0.2) is 23.0 Å². The summed E-state index contributed by atoms with van der Waals surface area (Å²) in [7, 11) is 1.36. The van der Waals surface area contributed by atoms with Crippen molar-refractivity contribution in [2.45, 2.75) is 25.7 Å². The molecule has 0 aliphatic heterocycles. The van der Waals surface area contributed by atoms with Crippen LogP contribution >= 0.6 is 11.3 Å². The zero-order chi connectivity index (χ0) is 16.5. The molecule has 1 aliphatic carbocycles. The Morgan fingerprint density at radius 1 is 1.17 bits per heavy atom. The van der Waals surface area contributed by atoms with Crippen LogP contribution in [0.2, 0.25) is 0 Å². The van der Waals surface area contributed by atoms with Crippen LogP contribution < -0.4 is 4.74 Å². The number of methoxy groups -OCH3 is 1. The summed E-state index contributed by atoms with van der Waals surface area (Å²) < 4.78 is 10.9. The first-order valence-corrected chi connectivity index (χ1v) is 8.70. The molecule has 0 spiro atoms. The topological polar surface area (TPSA) is 61.3 Å². The van der Waals surface area contributed by atoms with Gasteiger partial charge in [-0.1, -0.05) is 12.1 Å². The molecule has 2 heterocycles. The van der Waals surface area contributed by atoms with Crippen molar-refractivity contribution in [3.8, 4) is 11.6 Å². The van der Waals surface area contributed by atoms with Crippen molar-refractivity contribution in [2.24, 2.45) is 0 Å². The van der Waals surface area contributed by atoms with Crippen molar-refractivity contribution in [3.05, 3.63) is 46.6 Å². The van der Waals surface area contributed by atoms with Crippen LogP contribution in [0.4, 0.5) is 0 Å². The molecule has 0 N–H and O–H groups in total. The number of benzene rings is 1. The van der Waals surface area contributed by atoms with E-state index in [1.54, 1.807) is 29.5 Å². The first-order valence-electron chi connectivity index (χ1n) is 7.88. The molecule has 4 rings (SSSR count). The van der Waals surface area contributed by atoms with Gasteiger partial charge in [0.1, 0.15) is 22.5 Å². The third kappa shape index (κ3) is 2.53. The molecule has 5 nitrogen and oxygen atoms in total. The molecule has 1 aliphatic rings. The lowest BCUT2D eigenvalue weighted by Crippen LogP contribution is -2.04. The lowest BCUT2D eigenvalue weighted by molar-refractivity contribution is 0.0598. The molecule has 0 saturated heterocycles. The number of fused-ring (bicyclic) bond motifs is 3. The number of thiophene rings is 1. The maximum absolute atomic E-state index is 11.9. The van der Waals surface area contributed by atoms with E-state index in [1.807, 2.05) is 6.07 Å². The molecule has 0 saturated carbocycles. The summed E-state index contributed by atoms with van der Waals surface area (Å²) in [5.74, 6) is 0.527. The lowest BCUT2D eigenvalue weighted by atomic mass is 9.97. The highest BCUT2D eigenvalue weighted by Gasteiger charge is 2.22. The van der Waals surface area contributed by atoms with Gasteiger partial charge in [-0.2, -0.15) is 0 Å². The van der Waals surface area contributed by atoms with E-state index in [2.05, 4.69) is 9.97 Å². The van der Waals surface area contributed by atoms with Gasteiger partial charge in [0.2, 0.25) is 5.88 Å². The molecule has 0 unspecified atom stereocenters. The predicted octanol–water partition coefficient (Wildman–Crippen LogP) is 4.15. The number of aromatic nitrogens is 2. The second kappa shape index (κ2) is 6.20.